The number of aryl methyl sites for hydroxylation is 2. The second-order valence-electron chi connectivity index (χ2n) is 21.6. The number of hydrogen-bond acceptors (Lipinski definition) is 13. The Morgan fingerprint density at radius 3 is 1.37 bits per heavy atom. The van der Waals surface area contributed by atoms with Gasteiger partial charge < -0.3 is 20.2 Å². The summed E-state index contributed by atoms with van der Waals surface area (Å²) >= 11 is 0. The summed E-state index contributed by atoms with van der Waals surface area (Å²) < 4.78 is 3.92. The third-order valence-corrected chi connectivity index (χ3v) is 16.2. The van der Waals surface area contributed by atoms with Crippen LogP contribution in [0.2, 0.25) is 0 Å². The van der Waals surface area contributed by atoms with Crippen LogP contribution in [0.5, 0.6) is 0 Å². The van der Waals surface area contributed by atoms with Crippen molar-refractivity contribution < 1.29 is 15.0 Å². The maximum Gasteiger partial charge on any atom is 0.173 e. The number of aliphatic hydroxyl groups is 2. The fraction of sp³-hybridized carbons (Fsp3) is 0.262. The predicted molar refractivity (Wildman–Crippen MR) is 293 cm³/mol. The molecule has 0 saturated heterocycles. The fourth-order valence-corrected chi connectivity index (χ4v) is 12.3. The predicted octanol–water partition coefficient (Wildman–Crippen LogP) is 8.51. The lowest BCUT2D eigenvalue weighted by Gasteiger charge is -2.59. The van der Waals surface area contributed by atoms with Crippen LogP contribution in [0, 0.1) is 13.8 Å². The highest BCUT2D eigenvalue weighted by Gasteiger charge is 2.65. The Balaban J connectivity index is 0.699. The number of nitrogens with zero attached hydrogens (tertiary/aromatic N) is 12. The molecule has 17 heteroatoms. The maximum atomic E-state index is 15.5. The van der Waals surface area contributed by atoms with E-state index in [2.05, 4.69) is 56.4 Å². The van der Waals surface area contributed by atoms with Crippen molar-refractivity contribution in [1.82, 2.24) is 69.2 Å². The molecule has 8 aromatic heterocycles. The number of benzene rings is 2. The molecule has 0 atom stereocenters. The van der Waals surface area contributed by atoms with Gasteiger partial charge in [-0.2, -0.15) is 10.2 Å². The van der Waals surface area contributed by atoms with Gasteiger partial charge in [0.2, 0.25) is 0 Å². The van der Waals surface area contributed by atoms with Crippen LogP contribution in [0.25, 0.3) is 68.1 Å². The van der Waals surface area contributed by atoms with E-state index in [0.29, 0.717) is 88.0 Å². The molecule has 0 spiro atoms. The molecule has 17 nitrogen and oxygen atoms in total. The minimum Gasteiger partial charge on any atom is -0.393 e. The van der Waals surface area contributed by atoms with Gasteiger partial charge >= 0.3 is 0 Å². The number of Topliss-reactive ketones (excluding diaryl/α,β-unsaturated/α-hetero) is 1. The third-order valence-electron chi connectivity index (χ3n) is 16.2. The zero-order chi connectivity index (χ0) is 52.7. The number of aliphatic hydroxyl groups excluding tert-OH is 2. The van der Waals surface area contributed by atoms with Crippen LogP contribution in [-0.2, 0) is 44.1 Å². The molecule has 10 heterocycles. The molecular formula is C61H56N14O3. The van der Waals surface area contributed by atoms with Gasteiger partial charge in [-0.3, -0.25) is 43.9 Å². The van der Waals surface area contributed by atoms with E-state index in [-0.39, 0.29) is 5.78 Å². The van der Waals surface area contributed by atoms with Crippen LogP contribution in [0.3, 0.4) is 0 Å². The van der Waals surface area contributed by atoms with E-state index >= 15 is 4.79 Å². The summed E-state index contributed by atoms with van der Waals surface area (Å²) in [6, 6.07) is 40.5. The second kappa shape index (κ2) is 18.8. The molecule has 2 aliphatic heterocycles. The lowest BCUT2D eigenvalue weighted by atomic mass is 9.58. The van der Waals surface area contributed by atoms with Crippen LogP contribution in [-0.4, -0.2) is 109 Å². The zero-order valence-corrected chi connectivity index (χ0v) is 43.3. The SMILES string of the molecule is Cc1cccc(-c2nn(Cc3ccccc3)cc2-c2ccnc(-c3nc4c([nH]3)CN(C3(C(=O)C5(N6Cc7nc(-c8cc(-c9cn(Cc%10ccccc%10)nc9-c9cccc(C)n9)ccn8)[nH]c7C6)CC(O)C5)CC(O)C3)C4)c2)n1. The number of carbonyl (C=O) groups is 1. The Morgan fingerprint density at radius 1 is 0.538 bits per heavy atom. The number of rotatable bonds is 14. The third kappa shape index (κ3) is 8.46. The molecule has 0 unspecified atom stereocenters. The quantitative estimate of drug-likeness (QED) is 0.0807. The Morgan fingerprint density at radius 2 is 0.974 bits per heavy atom. The van der Waals surface area contributed by atoms with E-state index in [9.17, 15) is 10.2 Å². The van der Waals surface area contributed by atoms with Crippen molar-refractivity contribution in [3.05, 3.63) is 191 Å². The van der Waals surface area contributed by atoms with Gasteiger partial charge in [-0.05, 0) is 110 Å². The molecule has 2 aromatic carbocycles. The first-order chi connectivity index (χ1) is 38.0. The van der Waals surface area contributed by atoms with E-state index in [4.69, 9.17) is 40.1 Å². The minimum absolute atomic E-state index is 0.0449. The molecule has 4 N–H and O–H groups in total. The number of aromatic nitrogens is 12. The van der Waals surface area contributed by atoms with Gasteiger partial charge in [0, 0.05) is 73.5 Å². The van der Waals surface area contributed by atoms with E-state index in [1.165, 1.54) is 0 Å². The molecule has 2 fully saturated rings. The Labute approximate surface area is 449 Å². The first-order valence-corrected chi connectivity index (χ1v) is 26.6. The first kappa shape index (κ1) is 47.8. The number of aromatic amines is 2. The van der Waals surface area contributed by atoms with Crippen LogP contribution >= 0.6 is 0 Å². The lowest BCUT2D eigenvalue weighted by Crippen LogP contribution is -2.74. The highest BCUT2D eigenvalue weighted by molar-refractivity contribution is 5.99. The largest absolute Gasteiger partial charge is 0.393 e. The average Bonchev–Trinajstić information content (AvgIpc) is 4.09. The van der Waals surface area contributed by atoms with Crippen molar-refractivity contribution >= 4 is 5.78 Å². The summed E-state index contributed by atoms with van der Waals surface area (Å²) in [4.78, 5) is 56.4. The highest BCUT2D eigenvalue weighted by atomic mass is 16.3. The molecule has 78 heavy (non-hydrogen) atoms. The molecule has 0 amide bonds. The van der Waals surface area contributed by atoms with Crippen LogP contribution in [0.1, 0.15) is 71.0 Å². The molecule has 0 radical (unpaired) electrons. The standard InChI is InChI=1S/C61H56N14O3/c1-37-11-9-17-47(64-37)55-45(31-74(70-55)29-39-13-5-3-6-14-39)41-19-21-62-49(23-41)57-66-51-33-72(34-52(51)67-57)60(25-43(76)26-60)59(78)61(27-44(77)28-61)73-35-53-54(36-73)69-58(68-53)50-24-42(20-22-63-50)46-32-75(30-40-15-7-4-8-16-40)71-56(46)48-18-10-12-38(2)65-48/h3-24,31-32,43-44,76-77H,25-30,33-36H2,1-2H3,(H,66,67)(H,68,69). The monoisotopic (exact) mass is 1030 g/mol. The maximum absolute atomic E-state index is 15.5. The summed E-state index contributed by atoms with van der Waals surface area (Å²) in [5, 5.41) is 32.1. The number of imidazole rings is 2. The summed E-state index contributed by atoms with van der Waals surface area (Å²) in [5.74, 6) is 1.34. The van der Waals surface area contributed by atoms with Crippen molar-refractivity contribution in [3.63, 3.8) is 0 Å². The highest BCUT2D eigenvalue weighted by Crippen LogP contribution is 2.52. The molecule has 0 bridgehead atoms. The molecule has 10 aromatic rings. The number of H-pyrrole nitrogens is 2. The molecular weight excluding hydrogens is 977 g/mol. The number of nitrogens with one attached hydrogen (secondary N) is 2. The minimum atomic E-state index is -0.930. The van der Waals surface area contributed by atoms with Crippen molar-refractivity contribution in [2.75, 3.05) is 0 Å². The molecule has 2 aliphatic carbocycles. The number of carbonyl (C=O) groups excluding carboxylic acids is 1. The Hall–Kier alpha value is -8.61. The molecule has 14 rings (SSSR count). The van der Waals surface area contributed by atoms with Gasteiger partial charge in [0.15, 0.2) is 17.4 Å². The van der Waals surface area contributed by atoms with Crippen molar-refractivity contribution in [3.8, 4) is 68.1 Å². The van der Waals surface area contributed by atoms with Crippen LogP contribution < -0.4 is 0 Å². The normalized spacial score (nSPS) is 20.8. The topological polar surface area (TPSA) is 209 Å². The number of fused-ring (bicyclic) bond motifs is 2. The van der Waals surface area contributed by atoms with Crippen molar-refractivity contribution in [1.29, 1.82) is 0 Å². The van der Waals surface area contributed by atoms with E-state index in [0.717, 1.165) is 90.3 Å². The summed E-state index contributed by atoms with van der Waals surface area (Å²) in [7, 11) is 0. The van der Waals surface area contributed by atoms with E-state index < -0.39 is 23.3 Å². The molecule has 2 saturated carbocycles. The Bertz CT molecular complexity index is 3610. The fourth-order valence-electron chi connectivity index (χ4n) is 12.3. The van der Waals surface area contributed by atoms with Gasteiger partial charge in [-0.1, -0.05) is 72.8 Å². The van der Waals surface area contributed by atoms with Gasteiger partial charge in [-0.15, -0.1) is 0 Å². The number of ketones is 1. The van der Waals surface area contributed by atoms with Crippen molar-refractivity contribution in [2.45, 2.75) is 102 Å². The zero-order valence-electron chi connectivity index (χ0n) is 43.3. The molecule has 4 aliphatic rings. The first-order valence-electron chi connectivity index (χ1n) is 26.6. The van der Waals surface area contributed by atoms with Crippen LogP contribution in [0.15, 0.2) is 146 Å². The summed E-state index contributed by atoms with van der Waals surface area (Å²) in [5.41, 5.74) is 14.1. The molecule has 388 valence electrons. The number of hydrogen-bond donors (Lipinski definition) is 4. The Kier molecular flexibility index (Phi) is 11.5. The van der Waals surface area contributed by atoms with E-state index in [1.54, 1.807) is 12.4 Å². The smallest absolute Gasteiger partial charge is 0.173 e. The summed E-state index contributed by atoms with van der Waals surface area (Å²) in [6.07, 6.45) is 7.78. The van der Waals surface area contributed by atoms with Gasteiger partial charge in [0.25, 0.3) is 0 Å². The summed E-state index contributed by atoms with van der Waals surface area (Å²) in [6.45, 7) is 6.98. The second-order valence-corrected chi connectivity index (χ2v) is 21.6. The average molecular weight is 1030 g/mol. The van der Waals surface area contributed by atoms with E-state index in [1.807, 2.05) is 120 Å². The lowest BCUT2D eigenvalue weighted by molar-refractivity contribution is -0.177. The van der Waals surface area contributed by atoms with Crippen LogP contribution in [0.4, 0.5) is 0 Å². The van der Waals surface area contributed by atoms with Gasteiger partial charge in [-0.25, -0.2) is 9.97 Å². The number of pyridine rings is 4. The van der Waals surface area contributed by atoms with Crippen molar-refractivity contribution in [2.24, 2.45) is 0 Å². The van der Waals surface area contributed by atoms with Gasteiger partial charge in [0.05, 0.1) is 70.5 Å². The van der Waals surface area contributed by atoms with Gasteiger partial charge in [0.1, 0.15) is 22.8 Å².